The van der Waals surface area contributed by atoms with E-state index in [9.17, 15) is 4.79 Å². The zero-order chi connectivity index (χ0) is 14.9. The van der Waals surface area contributed by atoms with E-state index in [0.717, 1.165) is 28.4 Å². The number of ketones is 1. The lowest BCUT2D eigenvalue weighted by atomic mass is 10.0. The van der Waals surface area contributed by atoms with Crippen LogP contribution in [0.5, 0.6) is 0 Å². The molecule has 1 heterocycles. The number of carbonyl (C=O) groups excluding carboxylic acids is 1. The van der Waals surface area contributed by atoms with Gasteiger partial charge in [-0.2, -0.15) is 0 Å². The van der Waals surface area contributed by atoms with E-state index >= 15 is 0 Å². The molecule has 1 aliphatic carbocycles. The summed E-state index contributed by atoms with van der Waals surface area (Å²) in [6, 6.07) is 0.465. The molecule has 1 aromatic heterocycles. The molecular weight excluding hydrogens is 268 g/mol. The van der Waals surface area contributed by atoms with E-state index in [2.05, 4.69) is 19.2 Å². The summed E-state index contributed by atoms with van der Waals surface area (Å²) in [6.07, 6.45) is 4.58. The Morgan fingerprint density at radius 2 is 1.95 bits per heavy atom. The molecule has 1 aliphatic rings. The molecule has 112 valence electrons. The predicted molar refractivity (Wildman–Crippen MR) is 87.9 cm³/mol. The summed E-state index contributed by atoms with van der Waals surface area (Å²) < 4.78 is 0. The van der Waals surface area contributed by atoms with Gasteiger partial charge in [0.25, 0.3) is 0 Å². The molecule has 4 heteroatoms. The highest BCUT2D eigenvalue weighted by atomic mass is 32.1. The lowest BCUT2D eigenvalue weighted by molar-refractivity contribution is 0.0944. The van der Waals surface area contributed by atoms with Crippen LogP contribution in [0.25, 0.3) is 0 Å². The van der Waals surface area contributed by atoms with E-state index in [1.165, 1.54) is 18.4 Å². The first-order valence-corrected chi connectivity index (χ1v) is 8.54. The molecule has 20 heavy (non-hydrogen) atoms. The SMILES string of the molecule is CCC(CC)Nc1sc(C(=O)C(C)C)c(N)c1C1CC1. The van der Waals surface area contributed by atoms with Crippen LogP contribution in [0.3, 0.4) is 0 Å². The average molecular weight is 294 g/mol. The summed E-state index contributed by atoms with van der Waals surface area (Å²) in [5, 5.41) is 4.75. The largest absolute Gasteiger partial charge is 0.397 e. The van der Waals surface area contributed by atoms with Crippen molar-refractivity contribution in [3.8, 4) is 0 Å². The normalized spacial score (nSPS) is 15.1. The van der Waals surface area contributed by atoms with E-state index in [4.69, 9.17) is 5.73 Å². The highest BCUT2D eigenvalue weighted by molar-refractivity contribution is 7.18. The fourth-order valence-corrected chi connectivity index (χ4v) is 3.84. The van der Waals surface area contributed by atoms with E-state index in [1.54, 1.807) is 11.3 Å². The van der Waals surface area contributed by atoms with Crippen molar-refractivity contribution in [2.24, 2.45) is 5.92 Å². The molecule has 0 saturated heterocycles. The first-order valence-electron chi connectivity index (χ1n) is 7.72. The van der Waals surface area contributed by atoms with Gasteiger partial charge in [0.1, 0.15) is 0 Å². The maximum atomic E-state index is 12.3. The Kier molecular flexibility index (Phi) is 4.74. The minimum atomic E-state index is 0.00370. The molecule has 0 unspecified atom stereocenters. The third kappa shape index (κ3) is 3.00. The van der Waals surface area contributed by atoms with Gasteiger partial charge in [0, 0.05) is 17.5 Å². The average Bonchev–Trinajstić information content (AvgIpc) is 3.20. The number of nitrogens with two attached hydrogens (primary N) is 1. The van der Waals surface area contributed by atoms with E-state index < -0.39 is 0 Å². The number of nitrogens with one attached hydrogen (secondary N) is 1. The van der Waals surface area contributed by atoms with Crippen LogP contribution in [-0.4, -0.2) is 11.8 Å². The Balaban J connectivity index is 2.35. The van der Waals surface area contributed by atoms with Gasteiger partial charge >= 0.3 is 0 Å². The van der Waals surface area contributed by atoms with Crippen LogP contribution in [0.1, 0.15) is 74.5 Å². The molecule has 2 rings (SSSR count). The summed E-state index contributed by atoms with van der Waals surface area (Å²) in [5.41, 5.74) is 8.25. The van der Waals surface area contributed by atoms with Gasteiger partial charge in [0.15, 0.2) is 5.78 Å². The van der Waals surface area contributed by atoms with Gasteiger partial charge in [-0.1, -0.05) is 27.7 Å². The standard InChI is InChI=1S/C16H26N2OS/c1-5-11(6-2)18-16-12(10-7-8-10)13(17)15(20-16)14(19)9(3)4/h9-11,18H,5-8,17H2,1-4H3. The van der Waals surface area contributed by atoms with Crippen LogP contribution in [0.15, 0.2) is 0 Å². The van der Waals surface area contributed by atoms with Crippen LogP contribution in [-0.2, 0) is 0 Å². The third-order valence-corrected chi connectivity index (χ3v) is 5.21. The zero-order valence-electron chi connectivity index (χ0n) is 13.0. The van der Waals surface area contributed by atoms with Gasteiger partial charge in [-0.25, -0.2) is 0 Å². The van der Waals surface area contributed by atoms with Crippen LogP contribution in [0.4, 0.5) is 10.7 Å². The molecular formula is C16H26N2OS. The predicted octanol–water partition coefficient (Wildman–Crippen LogP) is 4.65. The van der Waals surface area contributed by atoms with Crippen molar-refractivity contribution in [1.29, 1.82) is 0 Å². The molecule has 0 bridgehead atoms. The van der Waals surface area contributed by atoms with Gasteiger partial charge in [0.05, 0.1) is 15.6 Å². The first kappa shape index (κ1) is 15.4. The number of thiophene rings is 1. The fourth-order valence-electron chi connectivity index (χ4n) is 2.46. The summed E-state index contributed by atoms with van der Waals surface area (Å²) in [7, 11) is 0. The third-order valence-electron chi connectivity index (χ3n) is 4.04. The van der Waals surface area contributed by atoms with Gasteiger partial charge in [0.2, 0.25) is 0 Å². The molecule has 1 saturated carbocycles. The van der Waals surface area contributed by atoms with Crippen molar-refractivity contribution in [2.75, 3.05) is 11.1 Å². The monoisotopic (exact) mass is 294 g/mol. The number of rotatable bonds is 7. The summed E-state index contributed by atoms with van der Waals surface area (Å²) in [4.78, 5) is 13.1. The molecule has 0 amide bonds. The van der Waals surface area contributed by atoms with Gasteiger partial charge in [-0.05, 0) is 31.6 Å². The van der Waals surface area contributed by atoms with Crippen molar-refractivity contribution >= 4 is 27.8 Å². The molecule has 0 aliphatic heterocycles. The number of hydrogen-bond acceptors (Lipinski definition) is 4. The second-order valence-corrected chi connectivity index (χ2v) is 7.06. The smallest absolute Gasteiger partial charge is 0.177 e. The topological polar surface area (TPSA) is 55.1 Å². The summed E-state index contributed by atoms with van der Waals surface area (Å²) in [5.74, 6) is 0.743. The number of carbonyl (C=O) groups is 1. The van der Waals surface area contributed by atoms with Crippen LogP contribution in [0, 0.1) is 5.92 Å². The van der Waals surface area contributed by atoms with Crippen LogP contribution in [0.2, 0.25) is 0 Å². The zero-order valence-corrected chi connectivity index (χ0v) is 13.8. The van der Waals surface area contributed by atoms with Crippen LogP contribution >= 0.6 is 11.3 Å². The Labute approximate surface area is 125 Å². The van der Waals surface area contributed by atoms with Crippen molar-refractivity contribution in [3.05, 3.63) is 10.4 Å². The molecule has 3 N–H and O–H groups in total. The molecule has 0 aromatic carbocycles. The Hall–Kier alpha value is -1.03. The van der Waals surface area contributed by atoms with Crippen molar-refractivity contribution in [1.82, 2.24) is 0 Å². The number of Topliss-reactive ketones (excluding diaryl/α,β-unsaturated/α-hetero) is 1. The maximum Gasteiger partial charge on any atom is 0.177 e. The molecule has 0 atom stereocenters. The Morgan fingerprint density at radius 3 is 2.40 bits per heavy atom. The molecule has 3 nitrogen and oxygen atoms in total. The lowest BCUT2D eigenvalue weighted by Crippen LogP contribution is -2.16. The Bertz CT molecular complexity index is 485. The molecule has 0 radical (unpaired) electrons. The highest BCUT2D eigenvalue weighted by Crippen LogP contribution is 2.51. The van der Waals surface area contributed by atoms with Crippen molar-refractivity contribution < 1.29 is 4.79 Å². The van der Waals surface area contributed by atoms with Gasteiger partial charge < -0.3 is 11.1 Å². The minimum absolute atomic E-state index is 0.00370. The number of nitrogen functional groups attached to an aromatic ring is 1. The molecule has 1 aromatic rings. The molecule has 0 spiro atoms. The lowest BCUT2D eigenvalue weighted by Gasteiger charge is -2.16. The van der Waals surface area contributed by atoms with Gasteiger partial charge in [-0.3, -0.25) is 4.79 Å². The maximum absolute atomic E-state index is 12.3. The van der Waals surface area contributed by atoms with E-state index in [0.29, 0.717) is 12.0 Å². The highest BCUT2D eigenvalue weighted by Gasteiger charge is 2.33. The summed E-state index contributed by atoms with van der Waals surface area (Å²) in [6.45, 7) is 8.25. The van der Waals surface area contributed by atoms with Crippen LogP contribution < -0.4 is 11.1 Å². The van der Waals surface area contributed by atoms with E-state index in [1.807, 2.05) is 13.8 Å². The first-order chi connectivity index (χ1) is 9.49. The number of anilines is 2. The number of hydrogen-bond donors (Lipinski definition) is 2. The second-order valence-electron chi connectivity index (χ2n) is 6.04. The minimum Gasteiger partial charge on any atom is -0.397 e. The second kappa shape index (κ2) is 6.17. The van der Waals surface area contributed by atoms with Gasteiger partial charge in [-0.15, -0.1) is 11.3 Å². The summed E-state index contributed by atoms with van der Waals surface area (Å²) >= 11 is 1.56. The van der Waals surface area contributed by atoms with Crippen molar-refractivity contribution in [2.45, 2.75) is 65.3 Å². The van der Waals surface area contributed by atoms with Crippen molar-refractivity contribution in [3.63, 3.8) is 0 Å². The molecule has 1 fully saturated rings. The quantitative estimate of drug-likeness (QED) is 0.720. The Morgan fingerprint density at radius 1 is 1.35 bits per heavy atom. The fraction of sp³-hybridized carbons (Fsp3) is 0.688. The van der Waals surface area contributed by atoms with E-state index in [-0.39, 0.29) is 11.7 Å².